The number of rotatable bonds is 3. The van der Waals surface area contributed by atoms with Gasteiger partial charge < -0.3 is 0 Å². The fourth-order valence-electron chi connectivity index (χ4n) is 4.33. The zero-order chi connectivity index (χ0) is 17.7. The number of allylic oxidation sites excluding steroid dienone is 2. The molecular formula is C21H21FO2S. The van der Waals surface area contributed by atoms with E-state index in [2.05, 4.69) is 0 Å². The second-order valence-corrected chi connectivity index (χ2v) is 9.31. The van der Waals surface area contributed by atoms with Crippen LogP contribution < -0.4 is 0 Å². The van der Waals surface area contributed by atoms with Gasteiger partial charge in [-0.05, 0) is 77.6 Å². The van der Waals surface area contributed by atoms with Crippen LogP contribution in [0.2, 0.25) is 0 Å². The minimum atomic E-state index is -3.19. The molecule has 0 atom stereocenters. The Hall–Kier alpha value is -1.94. The van der Waals surface area contributed by atoms with Gasteiger partial charge in [0.2, 0.25) is 0 Å². The number of halogens is 1. The van der Waals surface area contributed by atoms with E-state index in [0.29, 0.717) is 4.90 Å². The first kappa shape index (κ1) is 16.5. The summed E-state index contributed by atoms with van der Waals surface area (Å²) in [5, 5.41) is 0. The Morgan fingerprint density at radius 3 is 2.00 bits per heavy atom. The van der Waals surface area contributed by atoms with Gasteiger partial charge in [-0.15, -0.1) is 0 Å². The maximum atomic E-state index is 13.3. The van der Waals surface area contributed by atoms with E-state index in [0.717, 1.165) is 24.0 Å². The van der Waals surface area contributed by atoms with E-state index in [1.54, 1.807) is 12.1 Å². The molecule has 0 unspecified atom stereocenters. The van der Waals surface area contributed by atoms with Crippen LogP contribution in [0.15, 0.2) is 53.4 Å². The molecule has 1 fully saturated rings. The average Bonchev–Trinajstić information content (AvgIpc) is 2.95. The lowest BCUT2D eigenvalue weighted by atomic mass is 9.63. The topological polar surface area (TPSA) is 34.1 Å². The summed E-state index contributed by atoms with van der Waals surface area (Å²) in [7, 11) is -3.19. The van der Waals surface area contributed by atoms with Crippen molar-refractivity contribution >= 4 is 21.0 Å². The molecule has 2 aromatic carbocycles. The molecule has 0 saturated heterocycles. The highest BCUT2D eigenvalue weighted by atomic mass is 32.2. The molecule has 2 aliphatic carbocycles. The average molecular weight is 356 g/mol. The SMILES string of the molecule is CS(=O)(=O)c1ccc(C2=C(c3ccc(F)cc3)CCC23CCC3)cc1. The molecule has 0 radical (unpaired) electrons. The Morgan fingerprint density at radius 1 is 0.880 bits per heavy atom. The highest BCUT2D eigenvalue weighted by Crippen LogP contribution is 2.61. The first-order valence-electron chi connectivity index (χ1n) is 8.69. The van der Waals surface area contributed by atoms with Gasteiger partial charge in [0.25, 0.3) is 0 Å². The summed E-state index contributed by atoms with van der Waals surface area (Å²) in [6.07, 6.45) is 6.95. The van der Waals surface area contributed by atoms with Crippen molar-refractivity contribution in [1.82, 2.24) is 0 Å². The maximum absolute atomic E-state index is 13.3. The van der Waals surface area contributed by atoms with Crippen LogP contribution in [0.5, 0.6) is 0 Å². The van der Waals surface area contributed by atoms with Crippen molar-refractivity contribution in [2.45, 2.75) is 37.0 Å². The van der Waals surface area contributed by atoms with Crippen molar-refractivity contribution in [1.29, 1.82) is 0 Å². The zero-order valence-corrected chi connectivity index (χ0v) is 15.1. The number of sulfone groups is 1. The molecular weight excluding hydrogens is 335 g/mol. The lowest BCUT2D eigenvalue weighted by Gasteiger charge is -2.41. The molecule has 0 aliphatic heterocycles. The van der Waals surface area contributed by atoms with E-state index in [1.807, 2.05) is 24.3 Å². The molecule has 0 heterocycles. The molecule has 0 bridgehead atoms. The predicted molar refractivity (Wildman–Crippen MR) is 98.3 cm³/mol. The Balaban J connectivity index is 1.84. The molecule has 1 saturated carbocycles. The smallest absolute Gasteiger partial charge is 0.175 e. The molecule has 130 valence electrons. The number of benzene rings is 2. The number of hydrogen-bond acceptors (Lipinski definition) is 2. The van der Waals surface area contributed by atoms with E-state index in [-0.39, 0.29) is 11.2 Å². The van der Waals surface area contributed by atoms with Gasteiger partial charge >= 0.3 is 0 Å². The van der Waals surface area contributed by atoms with E-state index in [4.69, 9.17) is 0 Å². The summed E-state index contributed by atoms with van der Waals surface area (Å²) in [6, 6.07) is 14.0. The third-order valence-electron chi connectivity index (χ3n) is 5.76. The van der Waals surface area contributed by atoms with Crippen LogP contribution in [0.1, 0.15) is 43.2 Å². The summed E-state index contributed by atoms with van der Waals surface area (Å²) < 4.78 is 36.8. The molecule has 25 heavy (non-hydrogen) atoms. The van der Waals surface area contributed by atoms with Crippen molar-refractivity contribution in [3.63, 3.8) is 0 Å². The van der Waals surface area contributed by atoms with Gasteiger partial charge in [0.05, 0.1) is 4.90 Å². The summed E-state index contributed by atoms with van der Waals surface area (Å²) in [6.45, 7) is 0. The van der Waals surface area contributed by atoms with E-state index < -0.39 is 9.84 Å². The van der Waals surface area contributed by atoms with Crippen LogP contribution in [-0.2, 0) is 9.84 Å². The molecule has 0 amide bonds. The zero-order valence-electron chi connectivity index (χ0n) is 14.3. The van der Waals surface area contributed by atoms with E-state index in [9.17, 15) is 12.8 Å². The first-order valence-corrected chi connectivity index (χ1v) is 10.6. The highest BCUT2D eigenvalue weighted by molar-refractivity contribution is 7.90. The van der Waals surface area contributed by atoms with Gasteiger partial charge in [-0.2, -0.15) is 0 Å². The second kappa shape index (κ2) is 5.80. The molecule has 2 aliphatic rings. The Labute approximate surface area is 148 Å². The van der Waals surface area contributed by atoms with Gasteiger partial charge in [0.15, 0.2) is 9.84 Å². The Morgan fingerprint density at radius 2 is 1.48 bits per heavy atom. The normalized spacial score (nSPS) is 19.3. The molecule has 4 heteroatoms. The fourth-order valence-corrected chi connectivity index (χ4v) is 4.96. The van der Waals surface area contributed by atoms with Crippen molar-refractivity contribution in [2.75, 3.05) is 6.26 Å². The van der Waals surface area contributed by atoms with Crippen LogP contribution in [0.3, 0.4) is 0 Å². The van der Waals surface area contributed by atoms with Crippen molar-refractivity contribution in [3.8, 4) is 0 Å². The predicted octanol–water partition coefficient (Wildman–Crippen LogP) is 5.10. The molecule has 1 spiro atoms. The largest absolute Gasteiger partial charge is 0.224 e. The lowest BCUT2D eigenvalue weighted by molar-refractivity contribution is 0.215. The third kappa shape index (κ3) is 2.82. The third-order valence-corrected chi connectivity index (χ3v) is 6.89. The van der Waals surface area contributed by atoms with Crippen molar-refractivity contribution in [3.05, 3.63) is 65.5 Å². The summed E-state index contributed by atoms with van der Waals surface area (Å²) in [5.74, 6) is -0.222. The van der Waals surface area contributed by atoms with Crippen molar-refractivity contribution in [2.24, 2.45) is 5.41 Å². The number of hydrogen-bond donors (Lipinski definition) is 0. The van der Waals surface area contributed by atoms with Gasteiger partial charge in [-0.1, -0.05) is 30.7 Å². The van der Waals surface area contributed by atoms with Crippen LogP contribution in [-0.4, -0.2) is 14.7 Å². The Kier molecular flexibility index (Phi) is 3.84. The fraction of sp³-hybridized carbons (Fsp3) is 0.333. The minimum Gasteiger partial charge on any atom is -0.224 e. The quantitative estimate of drug-likeness (QED) is 0.766. The van der Waals surface area contributed by atoms with E-state index in [1.165, 1.54) is 48.8 Å². The van der Waals surface area contributed by atoms with E-state index >= 15 is 0 Å². The summed E-state index contributed by atoms with van der Waals surface area (Å²) in [4.78, 5) is 0.348. The van der Waals surface area contributed by atoms with Crippen LogP contribution in [0.25, 0.3) is 11.1 Å². The van der Waals surface area contributed by atoms with Crippen LogP contribution >= 0.6 is 0 Å². The Bertz CT molecular complexity index is 934. The molecule has 4 rings (SSSR count). The monoisotopic (exact) mass is 356 g/mol. The lowest BCUT2D eigenvalue weighted by Crippen LogP contribution is -2.28. The summed E-state index contributed by atoms with van der Waals surface area (Å²) >= 11 is 0. The van der Waals surface area contributed by atoms with Gasteiger partial charge in [-0.25, -0.2) is 12.8 Å². The molecule has 2 nitrogen and oxygen atoms in total. The van der Waals surface area contributed by atoms with Crippen LogP contribution in [0.4, 0.5) is 4.39 Å². The van der Waals surface area contributed by atoms with Gasteiger partial charge in [-0.3, -0.25) is 0 Å². The standard InChI is InChI=1S/C21H21FO2S/c1-25(23,24)18-9-5-16(6-10-18)20-19(11-14-21(20)12-2-13-21)15-3-7-17(22)8-4-15/h3-10H,2,11-14H2,1H3. The van der Waals surface area contributed by atoms with Crippen molar-refractivity contribution < 1.29 is 12.8 Å². The highest BCUT2D eigenvalue weighted by Gasteiger charge is 2.45. The molecule has 0 aromatic heterocycles. The maximum Gasteiger partial charge on any atom is 0.175 e. The molecule has 0 N–H and O–H groups in total. The summed E-state index contributed by atoms with van der Waals surface area (Å²) in [5.41, 5.74) is 5.02. The first-order chi connectivity index (χ1) is 11.9. The van der Waals surface area contributed by atoms with Gasteiger partial charge in [0, 0.05) is 6.26 Å². The van der Waals surface area contributed by atoms with Crippen LogP contribution in [0, 0.1) is 11.2 Å². The van der Waals surface area contributed by atoms with Gasteiger partial charge in [0.1, 0.15) is 5.82 Å². The molecule has 2 aromatic rings. The second-order valence-electron chi connectivity index (χ2n) is 7.29. The minimum absolute atomic E-state index is 0.219.